The van der Waals surface area contributed by atoms with E-state index in [0.717, 1.165) is 5.70 Å². The van der Waals surface area contributed by atoms with Crippen molar-refractivity contribution in [2.45, 2.75) is 12.8 Å². The highest BCUT2D eigenvalue weighted by Crippen LogP contribution is 2.32. The van der Waals surface area contributed by atoms with E-state index in [1.54, 1.807) is 0 Å². The van der Waals surface area contributed by atoms with Gasteiger partial charge < -0.3 is 5.73 Å². The summed E-state index contributed by atoms with van der Waals surface area (Å²) in [6.45, 7) is 3.59. The number of allylic oxidation sites excluding steroid dienone is 1. The van der Waals surface area contributed by atoms with Crippen LogP contribution in [-0.2, 0) is 0 Å². The number of hydrogen-bond acceptors (Lipinski definition) is 1. The van der Waals surface area contributed by atoms with Gasteiger partial charge in [-0.1, -0.05) is 6.58 Å². The molecule has 0 saturated heterocycles. The Labute approximate surface area is 37.8 Å². The zero-order chi connectivity index (χ0) is 4.57. The van der Waals surface area contributed by atoms with Crippen molar-refractivity contribution in [3.63, 3.8) is 0 Å². The third-order valence-corrected chi connectivity index (χ3v) is 1.10. The van der Waals surface area contributed by atoms with Gasteiger partial charge in [0.2, 0.25) is 0 Å². The third-order valence-electron chi connectivity index (χ3n) is 1.10. The van der Waals surface area contributed by atoms with Gasteiger partial charge in [0.25, 0.3) is 0 Å². The third kappa shape index (κ3) is 0.534. The summed E-state index contributed by atoms with van der Waals surface area (Å²) in [6, 6.07) is 0. The molecule has 2 N–H and O–H groups in total. The Balaban J connectivity index is 2.31. The molecule has 0 unspecified atom stereocenters. The molecule has 0 aromatic heterocycles. The largest absolute Gasteiger partial charge is 0.402 e. The highest BCUT2D eigenvalue weighted by atomic mass is 14.6. The number of hydrogen-bond donors (Lipinski definition) is 1. The molecule has 0 aromatic rings. The normalized spacial score (nSPS) is 20.7. The molecule has 1 rings (SSSR count). The second kappa shape index (κ2) is 1.00. The summed E-state index contributed by atoms with van der Waals surface area (Å²) >= 11 is 0. The predicted octanol–water partition coefficient (Wildman–Crippen LogP) is 0.869. The first-order valence-corrected chi connectivity index (χ1v) is 2.25. The quantitative estimate of drug-likeness (QED) is 0.500. The van der Waals surface area contributed by atoms with Gasteiger partial charge in [0.15, 0.2) is 0 Å². The molecule has 1 fully saturated rings. The fourth-order valence-corrected chi connectivity index (χ4v) is 0.454. The lowest BCUT2D eigenvalue weighted by Crippen LogP contribution is -1.94. The van der Waals surface area contributed by atoms with Crippen LogP contribution < -0.4 is 5.73 Å². The van der Waals surface area contributed by atoms with Gasteiger partial charge in [-0.2, -0.15) is 0 Å². The maximum Gasteiger partial charge on any atom is 0.00390 e. The minimum atomic E-state index is 0.685. The van der Waals surface area contributed by atoms with Crippen molar-refractivity contribution in [2.75, 3.05) is 0 Å². The van der Waals surface area contributed by atoms with E-state index >= 15 is 0 Å². The van der Waals surface area contributed by atoms with Crippen LogP contribution in [0.4, 0.5) is 0 Å². The van der Waals surface area contributed by atoms with Crippen molar-refractivity contribution in [1.29, 1.82) is 0 Å². The fourth-order valence-electron chi connectivity index (χ4n) is 0.454. The van der Waals surface area contributed by atoms with Crippen LogP contribution >= 0.6 is 0 Å². The molecule has 1 aliphatic carbocycles. The van der Waals surface area contributed by atoms with Crippen molar-refractivity contribution in [1.82, 2.24) is 0 Å². The van der Waals surface area contributed by atoms with Gasteiger partial charge >= 0.3 is 0 Å². The summed E-state index contributed by atoms with van der Waals surface area (Å²) in [5, 5.41) is 0. The maximum atomic E-state index is 5.30. The van der Waals surface area contributed by atoms with Gasteiger partial charge in [-0.3, -0.25) is 0 Å². The summed E-state index contributed by atoms with van der Waals surface area (Å²) < 4.78 is 0. The zero-order valence-corrected chi connectivity index (χ0v) is 3.78. The smallest absolute Gasteiger partial charge is 0.00390 e. The van der Waals surface area contributed by atoms with Gasteiger partial charge in [0.1, 0.15) is 0 Å². The average Bonchev–Trinajstić information content (AvgIpc) is 2.06. The van der Waals surface area contributed by atoms with Crippen LogP contribution in [0.5, 0.6) is 0 Å². The summed E-state index contributed by atoms with van der Waals surface area (Å²) in [6.07, 6.45) is 2.55. The Kier molecular flexibility index (Phi) is 0.621. The Morgan fingerprint density at radius 3 is 2.17 bits per heavy atom. The van der Waals surface area contributed by atoms with Crippen LogP contribution in [0, 0.1) is 5.92 Å². The number of nitrogens with two attached hydrogens (primary N) is 1. The van der Waals surface area contributed by atoms with Crippen LogP contribution in [0.25, 0.3) is 0 Å². The molecule has 1 saturated carbocycles. The Morgan fingerprint density at radius 1 is 1.67 bits per heavy atom. The minimum Gasteiger partial charge on any atom is -0.402 e. The molecule has 1 nitrogen and oxygen atoms in total. The fraction of sp³-hybridized carbons (Fsp3) is 0.600. The van der Waals surface area contributed by atoms with E-state index in [1.165, 1.54) is 12.8 Å². The first-order valence-electron chi connectivity index (χ1n) is 2.25. The molecule has 0 aliphatic heterocycles. The van der Waals surface area contributed by atoms with Gasteiger partial charge in [-0.15, -0.1) is 0 Å². The molecule has 6 heavy (non-hydrogen) atoms. The first-order chi connectivity index (χ1) is 2.80. The van der Waals surface area contributed by atoms with E-state index < -0.39 is 0 Å². The summed E-state index contributed by atoms with van der Waals surface area (Å²) in [5.41, 5.74) is 6.17. The molecule has 34 valence electrons. The number of rotatable bonds is 1. The van der Waals surface area contributed by atoms with Crippen molar-refractivity contribution in [2.24, 2.45) is 11.7 Å². The Bertz CT molecular complexity index is 72.0. The summed E-state index contributed by atoms with van der Waals surface area (Å²) in [7, 11) is 0. The highest BCUT2D eigenvalue weighted by Gasteiger charge is 2.21. The second-order valence-electron chi connectivity index (χ2n) is 1.85. The van der Waals surface area contributed by atoms with Gasteiger partial charge in [0.05, 0.1) is 0 Å². The van der Waals surface area contributed by atoms with Crippen molar-refractivity contribution < 1.29 is 0 Å². The van der Waals surface area contributed by atoms with E-state index in [-0.39, 0.29) is 0 Å². The van der Waals surface area contributed by atoms with Gasteiger partial charge in [-0.05, 0) is 18.8 Å². The van der Waals surface area contributed by atoms with Crippen LogP contribution in [-0.4, -0.2) is 0 Å². The lowest BCUT2D eigenvalue weighted by molar-refractivity contribution is 0.989. The molecule has 0 radical (unpaired) electrons. The first kappa shape index (κ1) is 3.72. The van der Waals surface area contributed by atoms with Crippen molar-refractivity contribution >= 4 is 0 Å². The lowest BCUT2D eigenvalue weighted by Gasteiger charge is -1.85. The lowest BCUT2D eigenvalue weighted by atomic mass is 10.3. The standard InChI is InChI=1S/C5H9N/c1-4(6)5-2-3-5/h5H,1-3,6H2. The molecule has 0 aromatic carbocycles. The topological polar surface area (TPSA) is 26.0 Å². The Morgan fingerprint density at radius 2 is 2.17 bits per heavy atom. The summed E-state index contributed by atoms with van der Waals surface area (Å²) in [5.74, 6) is 0.685. The molecular formula is C5H9N. The monoisotopic (exact) mass is 83.1 g/mol. The second-order valence-corrected chi connectivity index (χ2v) is 1.85. The Hall–Kier alpha value is -0.460. The van der Waals surface area contributed by atoms with E-state index in [1.807, 2.05) is 0 Å². The molecule has 0 bridgehead atoms. The van der Waals surface area contributed by atoms with Gasteiger partial charge in [-0.25, -0.2) is 0 Å². The van der Waals surface area contributed by atoms with E-state index in [2.05, 4.69) is 6.58 Å². The molecule has 0 heterocycles. The molecule has 0 atom stereocenters. The molecular weight excluding hydrogens is 74.1 g/mol. The maximum absolute atomic E-state index is 5.30. The van der Waals surface area contributed by atoms with Crippen LogP contribution in [0.1, 0.15) is 12.8 Å². The van der Waals surface area contributed by atoms with Crippen molar-refractivity contribution in [3.05, 3.63) is 12.3 Å². The molecule has 0 spiro atoms. The molecule has 0 amide bonds. The zero-order valence-electron chi connectivity index (χ0n) is 3.78. The van der Waals surface area contributed by atoms with Gasteiger partial charge in [0, 0.05) is 5.70 Å². The average molecular weight is 83.1 g/mol. The van der Waals surface area contributed by atoms with Crippen LogP contribution in [0.2, 0.25) is 0 Å². The van der Waals surface area contributed by atoms with E-state index in [9.17, 15) is 0 Å². The minimum absolute atomic E-state index is 0.685. The predicted molar refractivity (Wildman–Crippen MR) is 26.1 cm³/mol. The highest BCUT2D eigenvalue weighted by molar-refractivity contribution is 5.01. The summed E-state index contributed by atoms with van der Waals surface area (Å²) in [4.78, 5) is 0. The van der Waals surface area contributed by atoms with Crippen LogP contribution in [0.3, 0.4) is 0 Å². The molecule has 1 heteroatoms. The van der Waals surface area contributed by atoms with E-state index in [4.69, 9.17) is 5.73 Å². The SMILES string of the molecule is C=C(N)C1CC1. The van der Waals surface area contributed by atoms with E-state index in [0.29, 0.717) is 5.92 Å². The van der Waals surface area contributed by atoms with Crippen molar-refractivity contribution in [3.8, 4) is 0 Å². The van der Waals surface area contributed by atoms with Crippen LogP contribution in [0.15, 0.2) is 12.3 Å². The molecule has 1 aliphatic rings.